The second-order valence-electron chi connectivity index (χ2n) is 6.16. The van der Waals surface area contributed by atoms with E-state index in [-0.39, 0.29) is 11.8 Å². The van der Waals surface area contributed by atoms with Gasteiger partial charge in [-0.3, -0.25) is 4.79 Å². The first kappa shape index (κ1) is 14.4. The number of fused-ring (bicyclic) bond motifs is 1. The SMILES string of the molecule is CC(C)C1(C)Nc2ccccc2C(=O)N1N1CCOCC1. The van der Waals surface area contributed by atoms with Crippen LogP contribution in [0.4, 0.5) is 5.69 Å². The van der Waals surface area contributed by atoms with Gasteiger partial charge in [-0.15, -0.1) is 0 Å². The molecule has 0 aliphatic carbocycles. The molecule has 1 atom stereocenters. The normalized spacial score (nSPS) is 26.7. The van der Waals surface area contributed by atoms with E-state index in [4.69, 9.17) is 4.74 Å². The molecule has 1 aromatic rings. The molecule has 1 aromatic carbocycles. The number of ether oxygens (including phenoxy) is 1. The van der Waals surface area contributed by atoms with Crippen molar-refractivity contribution in [3.05, 3.63) is 29.8 Å². The van der Waals surface area contributed by atoms with Gasteiger partial charge >= 0.3 is 0 Å². The Labute approximate surface area is 125 Å². The number of para-hydroxylation sites is 1. The number of rotatable bonds is 2. The van der Waals surface area contributed by atoms with Crippen LogP contribution in [0.3, 0.4) is 0 Å². The van der Waals surface area contributed by atoms with E-state index >= 15 is 0 Å². The number of nitrogens with one attached hydrogen (secondary N) is 1. The van der Waals surface area contributed by atoms with Crippen LogP contribution in [0.15, 0.2) is 24.3 Å². The lowest BCUT2D eigenvalue weighted by molar-refractivity contribution is -0.120. The lowest BCUT2D eigenvalue weighted by Gasteiger charge is -2.53. The zero-order chi connectivity index (χ0) is 15.0. The fourth-order valence-electron chi connectivity index (χ4n) is 2.99. The Balaban J connectivity index is 2.04. The van der Waals surface area contributed by atoms with Gasteiger partial charge in [-0.05, 0) is 25.0 Å². The van der Waals surface area contributed by atoms with Gasteiger partial charge in [0.25, 0.3) is 5.91 Å². The fourth-order valence-corrected chi connectivity index (χ4v) is 2.99. The topological polar surface area (TPSA) is 44.8 Å². The highest BCUT2D eigenvalue weighted by Crippen LogP contribution is 2.36. The van der Waals surface area contributed by atoms with Crippen molar-refractivity contribution < 1.29 is 9.53 Å². The highest BCUT2D eigenvalue weighted by atomic mass is 16.5. The van der Waals surface area contributed by atoms with E-state index in [0.717, 1.165) is 24.3 Å². The molecule has 5 nitrogen and oxygen atoms in total. The molecule has 2 aliphatic rings. The quantitative estimate of drug-likeness (QED) is 0.906. The number of carbonyl (C=O) groups is 1. The van der Waals surface area contributed by atoms with Crippen LogP contribution in [-0.2, 0) is 4.74 Å². The van der Waals surface area contributed by atoms with Crippen molar-refractivity contribution in [3.63, 3.8) is 0 Å². The van der Waals surface area contributed by atoms with Gasteiger partial charge in [-0.25, -0.2) is 10.0 Å². The van der Waals surface area contributed by atoms with Crippen LogP contribution in [0.2, 0.25) is 0 Å². The van der Waals surface area contributed by atoms with E-state index < -0.39 is 5.66 Å². The predicted octanol–water partition coefficient (Wildman–Crippen LogP) is 2.17. The van der Waals surface area contributed by atoms with E-state index in [1.165, 1.54) is 0 Å². The summed E-state index contributed by atoms with van der Waals surface area (Å²) in [6.07, 6.45) is 0. The largest absolute Gasteiger partial charge is 0.379 e. The number of morpholine rings is 1. The summed E-state index contributed by atoms with van der Waals surface area (Å²) in [4.78, 5) is 13.0. The molecule has 1 N–H and O–H groups in total. The molecule has 1 amide bonds. The average molecular weight is 289 g/mol. The second kappa shape index (κ2) is 5.31. The maximum atomic E-state index is 13.0. The molecule has 21 heavy (non-hydrogen) atoms. The number of anilines is 1. The van der Waals surface area contributed by atoms with E-state index in [1.54, 1.807) is 0 Å². The summed E-state index contributed by atoms with van der Waals surface area (Å²) in [6.45, 7) is 9.21. The number of hydrogen-bond donors (Lipinski definition) is 1. The van der Waals surface area contributed by atoms with Crippen LogP contribution in [-0.4, -0.2) is 47.9 Å². The van der Waals surface area contributed by atoms with Gasteiger partial charge in [0.2, 0.25) is 0 Å². The van der Waals surface area contributed by atoms with Crippen LogP contribution in [0.1, 0.15) is 31.1 Å². The third-order valence-electron chi connectivity index (χ3n) is 4.57. The minimum atomic E-state index is -0.428. The molecular weight excluding hydrogens is 266 g/mol. The molecule has 1 unspecified atom stereocenters. The summed E-state index contributed by atoms with van der Waals surface area (Å²) in [5.74, 6) is 0.347. The average Bonchev–Trinajstić information content (AvgIpc) is 2.48. The smallest absolute Gasteiger partial charge is 0.272 e. The highest BCUT2D eigenvalue weighted by Gasteiger charge is 2.46. The van der Waals surface area contributed by atoms with Gasteiger partial charge < -0.3 is 10.1 Å². The molecule has 2 heterocycles. The number of benzene rings is 1. The van der Waals surface area contributed by atoms with Crippen LogP contribution < -0.4 is 5.32 Å². The fraction of sp³-hybridized carbons (Fsp3) is 0.562. The summed E-state index contributed by atoms with van der Waals surface area (Å²) in [5, 5.41) is 7.60. The van der Waals surface area contributed by atoms with Gasteiger partial charge in [0.15, 0.2) is 0 Å². The zero-order valence-electron chi connectivity index (χ0n) is 12.9. The second-order valence-corrected chi connectivity index (χ2v) is 6.16. The van der Waals surface area contributed by atoms with Crippen molar-refractivity contribution >= 4 is 11.6 Å². The Hall–Kier alpha value is -1.59. The molecule has 0 spiro atoms. The monoisotopic (exact) mass is 289 g/mol. The first-order valence-corrected chi connectivity index (χ1v) is 7.58. The molecule has 0 radical (unpaired) electrons. The van der Waals surface area contributed by atoms with Gasteiger partial charge in [-0.1, -0.05) is 26.0 Å². The number of carbonyl (C=O) groups excluding carboxylic acids is 1. The number of amides is 1. The predicted molar refractivity (Wildman–Crippen MR) is 81.9 cm³/mol. The number of hydrazine groups is 1. The van der Waals surface area contributed by atoms with Crippen molar-refractivity contribution in [2.45, 2.75) is 26.4 Å². The van der Waals surface area contributed by atoms with Crippen molar-refractivity contribution in [2.75, 3.05) is 31.6 Å². The summed E-state index contributed by atoms with van der Waals surface area (Å²) < 4.78 is 5.42. The lowest BCUT2D eigenvalue weighted by Crippen LogP contribution is -2.68. The summed E-state index contributed by atoms with van der Waals surface area (Å²) >= 11 is 0. The summed E-state index contributed by atoms with van der Waals surface area (Å²) in [7, 11) is 0. The van der Waals surface area contributed by atoms with Crippen molar-refractivity contribution in [3.8, 4) is 0 Å². The van der Waals surface area contributed by atoms with Crippen LogP contribution in [0.5, 0.6) is 0 Å². The molecule has 0 saturated carbocycles. The molecule has 3 rings (SSSR count). The van der Waals surface area contributed by atoms with Gasteiger partial charge in [0.1, 0.15) is 5.66 Å². The highest BCUT2D eigenvalue weighted by molar-refractivity contribution is 6.01. The summed E-state index contributed by atoms with van der Waals surface area (Å²) in [6, 6.07) is 7.74. The van der Waals surface area contributed by atoms with E-state index in [2.05, 4.69) is 31.1 Å². The molecule has 0 bridgehead atoms. The Bertz CT molecular complexity index is 540. The minimum absolute atomic E-state index is 0.0717. The Morgan fingerprint density at radius 2 is 1.90 bits per heavy atom. The molecule has 0 aromatic heterocycles. The Morgan fingerprint density at radius 3 is 2.57 bits per heavy atom. The zero-order valence-corrected chi connectivity index (χ0v) is 12.9. The molecule has 114 valence electrons. The number of hydrogen-bond acceptors (Lipinski definition) is 4. The first-order chi connectivity index (χ1) is 10.0. The maximum Gasteiger partial charge on any atom is 0.272 e. The van der Waals surface area contributed by atoms with Crippen LogP contribution in [0.25, 0.3) is 0 Å². The summed E-state index contributed by atoms with van der Waals surface area (Å²) in [5.41, 5.74) is 1.23. The van der Waals surface area contributed by atoms with Gasteiger partial charge in [-0.2, -0.15) is 0 Å². The van der Waals surface area contributed by atoms with Crippen molar-refractivity contribution in [1.82, 2.24) is 10.0 Å². The third kappa shape index (κ3) is 2.30. The number of nitrogens with zero attached hydrogens (tertiary/aromatic N) is 2. The minimum Gasteiger partial charge on any atom is -0.379 e. The first-order valence-electron chi connectivity index (χ1n) is 7.58. The lowest BCUT2D eigenvalue weighted by atomic mass is 9.92. The van der Waals surface area contributed by atoms with Gasteiger partial charge in [0, 0.05) is 18.8 Å². The molecule has 1 saturated heterocycles. The van der Waals surface area contributed by atoms with Crippen LogP contribution in [0, 0.1) is 5.92 Å². The van der Waals surface area contributed by atoms with Crippen molar-refractivity contribution in [1.29, 1.82) is 0 Å². The Morgan fingerprint density at radius 1 is 1.24 bits per heavy atom. The molecule has 2 aliphatic heterocycles. The maximum absolute atomic E-state index is 13.0. The standard InChI is InChI=1S/C16H23N3O2/c1-12(2)16(3)17-14-7-5-4-6-13(14)15(20)19(16)18-8-10-21-11-9-18/h4-7,12,17H,8-11H2,1-3H3. The van der Waals surface area contributed by atoms with Crippen molar-refractivity contribution in [2.24, 2.45) is 5.92 Å². The molecule has 1 fully saturated rings. The Kier molecular flexibility index (Phi) is 3.63. The third-order valence-corrected chi connectivity index (χ3v) is 4.57. The molecular formula is C16H23N3O2. The molecule has 5 heteroatoms. The van der Waals surface area contributed by atoms with E-state index in [0.29, 0.717) is 13.2 Å². The van der Waals surface area contributed by atoms with Crippen LogP contribution >= 0.6 is 0 Å². The van der Waals surface area contributed by atoms with E-state index in [1.807, 2.05) is 29.3 Å². The van der Waals surface area contributed by atoms with Gasteiger partial charge in [0.05, 0.1) is 18.8 Å². The van der Waals surface area contributed by atoms with E-state index in [9.17, 15) is 4.79 Å².